The second-order valence-electron chi connectivity index (χ2n) is 5.66. The van der Waals surface area contributed by atoms with Crippen molar-refractivity contribution in [3.63, 3.8) is 0 Å². The van der Waals surface area contributed by atoms with Crippen LogP contribution in [0.5, 0.6) is 0 Å². The number of benzene rings is 2. The molecule has 1 aromatic heterocycles. The number of fused-ring (bicyclic) bond motifs is 1. The molecule has 0 spiro atoms. The molecule has 3 N–H and O–H groups in total. The summed E-state index contributed by atoms with van der Waals surface area (Å²) >= 11 is 0. The Bertz CT molecular complexity index is 944. The lowest BCUT2D eigenvalue weighted by Crippen LogP contribution is -2.06. The molecule has 26 heavy (non-hydrogen) atoms. The fraction of sp³-hybridized carbons (Fsp3) is 0.222. The van der Waals surface area contributed by atoms with E-state index < -0.39 is 4.92 Å². The van der Waals surface area contributed by atoms with Crippen molar-refractivity contribution in [1.29, 1.82) is 0 Å². The van der Waals surface area contributed by atoms with Gasteiger partial charge in [-0.2, -0.15) is 0 Å². The predicted octanol–water partition coefficient (Wildman–Crippen LogP) is 3.62. The summed E-state index contributed by atoms with van der Waals surface area (Å²) < 4.78 is 0. The molecule has 2 aromatic carbocycles. The van der Waals surface area contributed by atoms with Crippen molar-refractivity contribution in [1.82, 2.24) is 9.97 Å². The van der Waals surface area contributed by atoms with Gasteiger partial charge in [0.25, 0.3) is 5.69 Å². The minimum absolute atomic E-state index is 0.00725. The van der Waals surface area contributed by atoms with Gasteiger partial charge in [0.1, 0.15) is 17.8 Å². The summed E-state index contributed by atoms with van der Waals surface area (Å²) in [6, 6.07) is 11.1. The summed E-state index contributed by atoms with van der Waals surface area (Å²) in [5.74, 6) is 0.562. The lowest BCUT2D eigenvalue weighted by Gasteiger charge is -2.12. The lowest BCUT2D eigenvalue weighted by molar-refractivity contribution is -0.383. The van der Waals surface area contributed by atoms with E-state index in [1.165, 1.54) is 12.4 Å². The highest BCUT2D eigenvalue weighted by molar-refractivity contribution is 5.94. The quantitative estimate of drug-likeness (QED) is 0.440. The Hall–Kier alpha value is -3.42. The van der Waals surface area contributed by atoms with Crippen LogP contribution in [0, 0.1) is 10.1 Å². The predicted molar refractivity (Wildman–Crippen MR) is 104 cm³/mol. The molecule has 3 rings (SSSR count). The van der Waals surface area contributed by atoms with Crippen molar-refractivity contribution in [2.45, 2.75) is 13.5 Å². The molecule has 1 heterocycles. The molecule has 0 unspecified atom stereocenters. The number of anilines is 3. The molecule has 0 radical (unpaired) electrons. The summed E-state index contributed by atoms with van der Waals surface area (Å²) in [5, 5.41) is 21.4. The van der Waals surface area contributed by atoms with Crippen LogP contribution < -0.4 is 16.0 Å². The van der Waals surface area contributed by atoms with E-state index in [0.29, 0.717) is 35.5 Å². The van der Waals surface area contributed by atoms with Crippen LogP contribution in [0.15, 0.2) is 42.7 Å². The van der Waals surface area contributed by atoms with Gasteiger partial charge in [-0.05, 0) is 24.6 Å². The van der Waals surface area contributed by atoms with Crippen molar-refractivity contribution < 1.29 is 4.92 Å². The van der Waals surface area contributed by atoms with Gasteiger partial charge in [0.15, 0.2) is 0 Å². The third-order valence-electron chi connectivity index (χ3n) is 4.05. The van der Waals surface area contributed by atoms with Gasteiger partial charge in [0.05, 0.1) is 10.4 Å². The summed E-state index contributed by atoms with van der Waals surface area (Å²) in [7, 11) is 1.87. The van der Waals surface area contributed by atoms with E-state index in [9.17, 15) is 10.1 Å². The monoisotopic (exact) mass is 352 g/mol. The largest absolute Gasteiger partial charge is 0.388 e. The number of aromatic nitrogens is 2. The Labute approximate surface area is 150 Å². The van der Waals surface area contributed by atoms with Crippen molar-refractivity contribution >= 4 is 33.8 Å². The van der Waals surface area contributed by atoms with E-state index in [0.717, 1.165) is 11.3 Å². The molecule has 134 valence electrons. The Morgan fingerprint density at radius 1 is 1.12 bits per heavy atom. The topological polar surface area (TPSA) is 105 Å². The first-order valence-corrected chi connectivity index (χ1v) is 8.30. The van der Waals surface area contributed by atoms with Gasteiger partial charge in [-0.25, -0.2) is 9.97 Å². The zero-order chi connectivity index (χ0) is 18.5. The summed E-state index contributed by atoms with van der Waals surface area (Å²) in [5.41, 5.74) is 3.19. The smallest absolute Gasteiger partial charge is 0.293 e. The molecule has 0 bridgehead atoms. The van der Waals surface area contributed by atoms with E-state index >= 15 is 0 Å². The second kappa shape index (κ2) is 7.64. The standard InChI is InChI=1S/C18H20N6O2/c1-3-20-16-9-15-13(8-17(16)24(25)26)18(23-11-22-15)21-10-12-6-4-5-7-14(12)19-2/h4-9,11,19-20H,3,10H2,1-2H3,(H,21,22,23). The normalized spacial score (nSPS) is 10.5. The molecule has 0 aliphatic rings. The molecule has 0 aliphatic carbocycles. The fourth-order valence-corrected chi connectivity index (χ4v) is 2.81. The Morgan fingerprint density at radius 2 is 1.92 bits per heavy atom. The molecule has 0 aliphatic heterocycles. The van der Waals surface area contributed by atoms with Gasteiger partial charge < -0.3 is 16.0 Å². The molecule has 0 fully saturated rings. The van der Waals surface area contributed by atoms with Gasteiger partial charge >= 0.3 is 0 Å². The van der Waals surface area contributed by atoms with E-state index in [-0.39, 0.29) is 5.69 Å². The van der Waals surface area contributed by atoms with E-state index in [2.05, 4.69) is 25.9 Å². The molecule has 0 saturated carbocycles. The van der Waals surface area contributed by atoms with Crippen molar-refractivity contribution in [2.75, 3.05) is 29.5 Å². The van der Waals surface area contributed by atoms with Crippen LogP contribution in [-0.4, -0.2) is 28.5 Å². The van der Waals surface area contributed by atoms with E-state index in [4.69, 9.17) is 0 Å². The van der Waals surface area contributed by atoms with E-state index in [1.54, 1.807) is 6.07 Å². The first kappa shape index (κ1) is 17.4. The van der Waals surface area contributed by atoms with Crippen molar-refractivity contribution in [2.24, 2.45) is 0 Å². The number of nitro groups is 1. The average Bonchev–Trinajstić information content (AvgIpc) is 2.66. The number of hydrogen-bond donors (Lipinski definition) is 3. The van der Waals surface area contributed by atoms with Gasteiger partial charge in [-0.1, -0.05) is 18.2 Å². The van der Waals surface area contributed by atoms with Crippen LogP contribution >= 0.6 is 0 Å². The highest BCUT2D eigenvalue weighted by Gasteiger charge is 2.17. The highest BCUT2D eigenvalue weighted by Crippen LogP contribution is 2.32. The molecule has 0 atom stereocenters. The lowest BCUT2D eigenvalue weighted by atomic mass is 10.1. The van der Waals surface area contributed by atoms with Gasteiger partial charge in [0, 0.05) is 37.3 Å². The minimum atomic E-state index is -0.398. The Morgan fingerprint density at radius 3 is 2.65 bits per heavy atom. The molecule has 0 saturated heterocycles. The molecule has 8 nitrogen and oxygen atoms in total. The number of rotatable bonds is 7. The third kappa shape index (κ3) is 3.49. The molecular weight excluding hydrogens is 332 g/mol. The van der Waals surface area contributed by atoms with Crippen LogP contribution in [0.3, 0.4) is 0 Å². The zero-order valence-electron chi connectivity index (χ0n) is 14.6. The maximum atomic E-state index is 11.4. The first-order valence-electron chi connectivity index (χ1n) is 8.30. The average molecular weight is 352 g/mol. The van der Waals surface area contributed by atoms with Crippen molar-refractivity contribution in [3.05, 3.63) is 58.4 Å². The summed E-state index contributed by atoms with van der Waals surface area (Å²) in [6.07, 6.45) is 1.45. The molecule has 3 aromatic rings. The van der Waals surface area contributed by atoms with Crippen LogP contribution in [0.4, 0.5) is 22.9 Å². The SMILES string of the molecule is CCNc1cc2ncnc(NCc3ccccc3NC)c2cc1[N+](=O)[O-]. The molecule has 8 heteroatoms. The minimum Gasteiger partial charge on any atom is -0.388 e. The van der Waals surface area contributed by atoms with Gasteiger partial charge in [0.2, 0.25) is 0 Å². The summed E-state index contributed by atoms with van der Waals surface area (Å²) in [6.45, 7) is 3.01. The zero-order valence-corrected chi connectivity index (χ0v) is 14.6. The number of nitro benzene ring substituents is 1. The van der Waals surface area contributed by atoms with Crippen LogP contribution in [0.1, 0.15) is 12.5 Å². The number of hydrogen-bond acceptors (Lipinski definition) is 7. The van der Waals surface area contributed by atoms with Gasteiger partial charge in [-0.15, -0.1) is 0 Å². The number of nitrogens with zero attached hydrogens (tertiary/aromatic N) is 3. The highest BCUT2D eigenvalue weighted by atomic mass is 16.6. The van der Waals surface area contributed by atoms with E-state index in [1.807, 2.05) is 38.2 Å². The maximum Gasteiger partial charge on any atom is 0.293 e. The molecule has 0 amide bonds. The van der Waals surface area contributed by atoms with Crippen LogP contribution in [0.25, 0.3) is 10.9 Å². The Kier molecular flexibility index (Phi) is 5.12. The van der Waals surface area contributed by atoms with Crippen LogP contribution in [-0.2, 0) is 6.54 Å². The Balaban J connectivity index is 1.98. The number of para-hydroxylation sites is 1. The van der Waals surface area contributed by atoms with Crippen LogP contribution in [0.2, 0.25) is 0 Å². The summed E-state index contributed by atoms with van der Waals surface area (Å²) in [4.78, 5) is 19.5. The third-order valence-corrected chi connectivity index (χ3v) is 4.05. The van der Waals surface area contributed by atoms with Crippen molar-refractivity contribution in [3.8, 4) is 0 Å². The fourth-order valence-electron chi connectivity index (χ4n) is 2.81. The maximum absolute atomic E-state index is 11.4. The second-order valence-corrected chi connectivity index (χ2v) is 5.66. The van der Waals surface area contributed by atoms with Gasteiger partial charge in [-0.3, -0.25) is 10.1 Å². The molecular formula is C18H20N6O2. The first-order chi connectivity index (χ1) is 12.6. The number of nitrogens with one attached hydrogen (secondary N) is 3.